The van der Waals surface area contributed by atoms with E-state index in [1.165, 1.54) is 6.42 Å². The number of carbonyl (C=O) groups excluding carboxylic acids is 1. The molecule has 9 nitrogen and oxygen atoms in total. The minimum absolute atomic E-state index is 0.0198. The van der Waals surface area contributed by atoms with Crippen molar-refractivity contribution in [3.05, 3.63) is 12.7 Å². The molecule has 1 unspecified atom stereocenters. The van der Waals surface area contributed by atoms with Crippen LogP contribution in [-0.2, 0) is 9.53 Å². The number of aliphatic hydroxyl groups is 1. The molecule has 2 saturated carbocycles. The van der Waals surface area contributed by atoms with Gasteiger partial charge < -0.3 is 20.5 Å². The summed E-state index contributed by atoms with van der Waals surface area (Å²) in [6.45, 7) is 6.68. The van der Waals surface area contributed by atoms with Gasteiger partial charge in [-0.15, -0.1) is 0 Å². The molecule has 190 valence electrons. The zero-order valence-electron chi connectivity index (χ0n) is 21.0. The number of aromatic nitrogens is 4. The largest absolute Gasteiger partial charge is 0.394 e. The molecule has 6 rings (SSSR count). The van der Waals surface area contributed by atoms with Crippen LogP contribution in [0.4, 0.5) is 5.82 Å². The van der Waals surface area contributed by atoms with Gasteiger partial charge in [0, 0.05) is 18.5 Å². The van der Waals surface area contributed by atoms with Gasteiger partial charge in [0.15, 0.2) is 17.0 Å². The predicted molar refractivity (Wildman–Crippen MR) is 131 cm³/mol. The number of imidazole rings is 1. The van der Waals surface area contributed by atoms with E-state index in [1.807, 2.05) is 13.3 Å². The van der Waals surface area contributed by atoms with Gasteiger partial charge in [-0.1, -0.05) is 6.92 Å². The highest BCUT2D eigenvalue weighted by Gasteiger charge is 2.59. The third kappa shape index (κ3) is 3.65. The fourth-order valence-corrected chi connectivity index (χ4v) is 7.99. The third-order valence-corrected chi connectivity index (χ3v) is 9.88. The molecule has 35 heavy (non-hydrogen) atoms. The van der Waals surface area contributed by atoms with Gasteiger partial charge in [0.2, 0.25) is 5.91 Å². The van der Waals surface area contributed by atoms with Crippen molar-refractivity contribution < 1.29 is 14.6 Å². The number of ether oxygens (including phenoxy) is 1. The van der Waals surface area contributed by atoms with Crippen molar-refractivity contribution in [1.29, 1.82) is 0 Å². The van der Waals surface area contributed by atoms with Gasteiger partial charge in [0.05, 0.1) is 18.5 Å². The van der Waals surface area contributed by atoms with E-state index in [0.29, 0.717) is 41.6 Å². The zero-order valence-corrected chi connectivity index (χ0v) is 21.0. The molecular formula is C26H38N6O3. The van der Waals surface area contributed by atoms with E-state index in [1.54, 1.807) is 6.33 Å². The second-order valence-electron chi connectivity index (χ2n) is 11.9. The van der Waals surface area contributed by atoms with Gasteiger partial charge in [0.1, 0.15) is 12.6 Å². The Kier molecular flexibility index (Phi) is 5.56. The average Bonchev–Trinajstić information content (AvgIpc) is 3.28. The second kappa shape index (κ2) is 8.40. The normalized spacial score (nSPS) is 39.8. The fraction of sp³-hybridized carbons (Fsp3) is 0.769. The van der Waals surface area contributed by atoms with Gasteiger partial charge >= 0.3 is 0 Å². The lowest BCUT2D eigenvalue weighted by Gasteiger charge is -2.62. The molecular weight excluding hydrogens is 444 g/mol. The summed E-state index contributed by atoms with van der Waals surface area (Å²) in [7, 11) is 0. The van der Waals surface area contributed by atoms with Gasteiger partial charge in [-0.2, -0.15) is 0 Å². The first-order valence-electron chi connectivity index (χ1n) is 13.3. The number of piperidine rings is 1. The Labute approximate surface area is 206 Å². The first-order chi connectivity index (χ1) is 16.8. The molecule has 2 aromatic rings. The number of hydrogen-bond acceptors (Lipinski definition) is 7. The summed E-state index contributed by atoms with van der Waals surface area (Å²) >= 11 is 0. The van der Waals surface area contributed by atoms with Crippen LogP contribution in [0.25, 0.3) is 11.2 Å². The van der Waals surface area contributed by atoms with Crippen LogP contribution in [0.1, 0.15) is 78.4 Å². The molecule has 4 fully saturated rings. The summed E-state index contributed by atoms with van der Waals surface area (Å²) in [6, 6.07) is 0.216. The lowest BCUT2D eigenvalue weighted by molar-refractivity contribution is -0.231. The second-order valence-corrected chi connectivity index (χ2v) is 11.9. The highest BCUT2D eigenvalue weighted by molar-refractivity contribution is 5.82. The lowest BCUT2D eigenvalue weighted by Crippen LogP contribution is -2.63. The highest BCUT2D eigenvalue weighted by Crippen LogP contribution is 2.61. The van der Waals surface area contributed by atoms with Crippen LogP contribution < -0.4 is 10.6 Å². The molecule has 9 heteroatoms. The van der Waals surface area contributed by atoms with E-state index in [4.69, 9.17) is 4.74 Å². The SMILES string of the molecule is CC(CO)Nc1ncnc2c1ncn2[C@@H]1CC[C@H]2[C@@H]3CC[C@H]4NC(=O)CC[C@]4(C)[C@H]3CC[C@]2(C)O1. The maximum Gasteiger partial charge on any atom is 0.220 e. The van der Waals surface area contributed by atoms with Crippen LogP contribution in [0.5, 0.6) is 0 Å². The molecule has 0 spiro atoms. The number of nitrogens with one attached hydrogen (secondary N) is 2. The average molecular weight is 483 g/mol. The molecule has 0 radical (unpaired) electrons. The summed E-state index contributed by atoms with van der Waals surface area (Å²) < 4.78 is 9.00. The first kappa shape index (κ1) is 23.2. The van der Waals surface area contributed by atoms with Gasteiger partial charge in [-0.05, 0) is 82.0 Å². The summed E-state index contributed by atoms with van der Waals surface area (Å²) in [5.74, 6) is 2.73. The van der Waals surface area contributed by atoms with Crippen molar-refractivity contribution in [2.45, 2.75) is 96.1 Å². The molecule has 0 bridgehead atoms. The molecule has 4 heterocycles. The summed E-state index contributed by atoms with van der Waals surface area (Å²) in [4.78, 5) is 25.6. The first-order valence-corrected chi connectivity index (χ1v) is 13.3. The van der Waals surface area contributed by atoms with Gasteiger partial charge in [-0.3, -0.25) is 9.36 Å². The number of fused-ring (bicyclic) bond motifs is 6. The van der Waals surface area contributed by atoms with Crippen LogP contribution in [0, 0.1) is 23.2 Å². The number of nitrogens with zero attached hydrogens (tertiary/aromatic N) is 4. The lowest BCUT2D eigenvalue weighted by atomic mass is 9.48. The zero-order chi connectivity index (χ0) is 24.4. The Morgan fingerprint density at radius 1 is 1.17 bits per heavy atom. The molecule has 2 saturated heterocycles. The van der Waals surface area contributed by atoms with Crippen molar-refractivity contribution in [3.63, 3.8) is 0 Å². The number of carbonyl (C=O) groups is 1. The Hall–Kier alpha value is -2.26. The van der Waals surface area contributed by atoms with Gasteiger partial charge in [0.25, 0.3) is 0 Å². The monoisotopic (exact) mass is 482 g/mol. The minimum Gasteiger partial charge on any atom is -0.394 e. The van der Waals surface area contributed by atoms with Crippen LogP contribution in [0.15, 0.2) is 12.7 Å². The highest BCUT2D eigenvalue weighted by atomic mass is 16.5. The van der Waals surface area contributed by atoms with Crippen molar-refractivity contribution in [2.75, 3.05) is 11.9 Å². The minimum atomic E-state index is -0.165. The van der Waals surface area contributed by atoms with Crippen LogP contribution in [-0.4, -0.2) is 54.8 Å². The van der Waals surface area contributed by atoms with Crippen molar-refractivity contribution >= 4 is 22.9 Å². The van der Waals surface area contributed by atoms with Crippen molar-refractivity contribution in [2.24, 2.45) is 23.2 Å². The van der Waals surface area contributed by atoms with E-state index in [-0.39, 0.29) is 35.8 Å². The van der Waals surface area contributed by atoms with Crippen LogP contribution >= 0.6 is 0 Å². The molecule has 3 N–H and O–H groups in total. The van der Waals surface area contributed by atoms with Gasteiger partial charge in [-0.25, -0.2) is 15.0 Å². The molecule has 4 aliphatic rings. The quantitative estimate of drug-likeness (QED) is 0.612. The van der Waals surface area contributed by atoms with E-state index in [9.17, 15) is 9.90 Å². The maximum atomic E-state index is 12.1. The number of amides is 1. The molecule has 8 atom stereocenters. The number of rotatable bonds is 4. The number of aliphatic hydroxyl groups excluding tert-OH is 1. The topological polar surface area (TPSA) is 114 Å². The predicted octanol–water partition coefficient (Wildman–Crippen LogP) is 3.41. The standard InChI is InChI=1S/C26H38N6O3/c1-15(12-33)30-23-22-24(28-13-27-23)32(14-29-22)21-7-5-18-16-4-6-19-25(2,10-9-20(34)31-19)17(16)8-11-26(18,3)35-21/h13-19,21,33H,4-12H2,1-3H3,(H,31,34)(H,27,28,30)/t15?,16-,17+,18+,19-,21+,25-,26+/m1/s1. The summed E-state index contributed by atoms with van der Waals surface area (Å²) in [6.07, 6.45) is 11.5. The van der Waals surface area contributed by atoms with Crippen LogP contribution in [0.3, 0.4) is 0 Å². The van der Waals surface area contributed by atoms with E-state index < -0.39 is 0 Å². The molecule has 1 amide bonds. The number of hydrogen-bond donors (Lipinski definition) is 3. The third-order valence-electron chi connectivity index (χ3n) is 9.88. The molecule has 0 aromatic carbocycles. The van der Waals surface area contributed by atoms with E-state index in [0.717, 1.165) is 44.2 Å². The van der Waals surface area contributed by atoms with E-state index in [2.05, 4.69) is 44.0 Å². The van der Waals surface area contributed by atoms with Crippen LogP contribution in [0.2, 0.25) is 0 Å². The molecule has 2 aromatic heterocycles. The van der Waals surface area contributed by atoms with Crippen molar-refractivity contribution in [3.8, 4) is 0 Å². The smallest absolute Gasteiger partial charge is 0.220 e. The Morgan fingerprint density at radius 2 is 2.03 bits per heavy atom. The Balaban J connectivity index is 1.23. The Bertz CT molecular complexity index is 1120. The van der Waals surface area contributed by atoms with Crippen molar-refractivity contribution in [1.82, 2.24) is 24.8 Å². The summed E-state index contributed by atoms with van der Waals surface area (Å²) in [5.41, 5.74) is 1.51. The summed E-state index contributed by atoms with van der Waals surface area (Å²) in [5, 5.41) is 16.0. The van der Waals surface area contributed by atoms with E-state index >= 15 is 0 Å². The molecule has 2 aliphatic heterocycles. The fourth-order valence-electron chi connectivity index (χ4n) is 7.99. The number of anilines is 1. The maximum absolute atomic E-state index is 12.1. The molecule has 2 aliphatic carbocycles. The Morgan fingerprint density at radius 3 is 2.86 bits per heavy atom.